The summed E-state index contributed by atoms with van der Waals surface area (Å²) in [5, 5.41) is 8.90. The molecule has 0 aliphatic carbocycles. The Labute approximate surface area is 347 Å². The standard InChI is InChI=1S/C46H82NO9P/c1-3-5-7-9-11-13-15-17-19-21-23-25-27-29-31-33-35-37-39-53-40-43(41-54-57(51,52)55-42-44(47)46(49)50)56-45(48)38-36-34-32-30-28-26-24-22-20-18-16-14-12-10-8-6-4-2/h5,7,11-14,17-20,43-44H,3-4,6,8-10,15-16,21-42,47H2,1-2H3,(H,49,50)(H,51,52)/b7-5-,13-11-,14-12-,19-17-,20-18-. The number of aliphatic carboxylic acids is 1. The van der Waals surface area contributed by atoms with Gasteiger partial charge in [-0.3, -0.25) is 18.6 Å². The van der Waals surface area contributed by atoms with E-state index in [0.717, 1.165) is 77.0 Å². The number of hydrogen-bond acceptors (Lipinski definition) is 8. The van der Waals surface area contributed by atoms with Gasteiger partial charge in [-0.05, 0) is 77.0 Å². The molecule has 0 bridgehead atoms. The number of carbonyl (C=O) groups excluding carboxylic acids is 1. The number of carbonyl (C=O) groups is 2. The average Bonchev–Trinajstić information content (AvgIpc) is 3.19. The fourth-order valence-corrected chi connectivity index (χ4v) is 6.60. The Morgan fingerprint density at radius 3 is 1.53 bits per heavy atom. The van der Waals surface area contributed by atoms with Crippen LogP contribution in [0.5, 0.6) is 0 Å². The maximum absolute atomic E-state index is 12.6. The normalized spacial score (nSPS) is 14.5. The molecule has 0 saturated heterocycles. The quantitative estimate of drug-likeness (QED) is 0.0234. The maximum atomic E-state index is 12.6. The summed E-state index contributed by atoms with van der Waals surface area (Å²) < 4.78 is 33.4. The first-order valence-corrected chi connectivity index (χ1v) is 23.8. The van der Waals surface area contributed by atoms with Crippen molar-refractivity contribution >= 4 is 19.8 Å². The zero-order valence-electron chi connectivity index (χ0n) is 35.9. The van der Waals surface area contributed by atoms with Gasteiger partial charge in [0.05, 0.1) is 19.8 Å². The van der Waals surface area contributed by atoms with Crippen molar-refractivity contribution in [2.24, 2.45) is 5.73 Å². The van der Waals surface area contributed by atoms with Gasteiger partial charge in [-0.15, -0.1) is 0 Å². The molecule has 57 heavy (non-hydrogen) atoms. The summed E-state index contributed by atoms with van der Waals surface area (Å²) in [4.78, 5) is 33.6. The minimum absolute atomic E-state index is 0.00630. The molecule has 0 rings (SSSR count). The molecule has 0 aliphatic heterocycles. The van der Waals surface area contributed by atoms with Gasteiger partial charge >= 0.3 is 19.8 Å². The summed E-state index contributed by atoms with van der Waals surface area (Å²) in [6.45, 7) is 3.72. The van der Waals surface area contributed by atoms with Gasteiger partial charge in [-0.2, -0.15) is 0 Å². The van der Waals surface area contributed by atoms with Crippen LogP contribution in [0.2, 0.25) is 0 Å². The van der Waals surface area contributed by atoms with Crippen LogP contribution < -0.4 is 5.73 Å². The number of carboxylic acids is 1. The summed E-state index contributed by atoms with van der Waals surface area (Å²) in [5.41, 5.74) is 5.36. The predicted molar refractivity (Wildman–Crippen MR) is 235 cm³/mol. The Bertz CT molecular complexity index is 1140. The molecule has 11 heteroatoms. The molecular weight excluding hydrogens is 741 g/mol. The van der Waals surface area contributed by atoms with E-state index >= 15 is 0 Å². The van der Waals surface area contributed by atoms with Crippen molar-refractivity contribution in [2.45, 2.75) is 193 Å². The lowest BCUT2D eigenvalue weighted by atomic mass is 10.1. The number of ether oxygens (including phenoxy) is 2. The highest BCUT2D eigenvalue weighted by Gasteiger charge is 2.27. The van der Waals surface area contributed by atoms with Crippen molar-refractivity contribution in [3.63, 3.8) is 0 Å². The number of unbranched alkanes of at least 4 members (excludes halogenated alkanes) is 18. The third kappa shape index (κ3) is 41.6. The molecule has 0 amide bonds. The van der Waals surface area contributed by atoms with E-state index in [-0.39, 0.29) is 13.0 Å². The van der Waals surface area contributed by atoms with Crippen molar-refractivity contribution in [3.05, 3.63) is 60.8 Å². The first kappa shape index (κ1) is 54.7. The second kappa shape index (κ2) is 41.8. The van der Waals surface area contributed by atoms with Crippen molar-refractivity contribution in [1.82, 2.24) is 0 Å². The summed E-state index contributed by atoms with van der Waals surface area (Å²) in [5.74, 6) is -1.79. The van der Waals surface area contributed by atoms with E-state index in [4.69, 9.17) is 29.4 Å². The number of phosphoric acid groups is 1. The van der Waals surface area contributed by atoms with Gasteiger partial charge in [-0.1, -0.05) is 158 Å². The number of phosphoric ester groups is 1. The number of hydrogen-bond donors (Lipinski definition) is 3. The van der Waals surface area contributed by atoms with E-state index in [1.165, 1.54) is 77.0 Å². The Morgan fingerprint density at radius 1 is 0.579 bits per heavy atom. The van der Waals surface area contributed by atoms with Crippen molar-refractivity contribution in [1.29, 1.82) is 0 Å². The van der Waals surface area contributed by atoms with Crippen LogP contribution in [0.15, 0.2) is 60.8 Å². The maximum Gasteiger partial charge on any atom is 0.472 e. The lowest BCUT2D eigenvalue weighted by Gasteiger charge is -2.20. The monoisotopic (exact) mass is 824 g/mol. The van der Waals surface area contributed by atoms with Gasteiger partial charge in [0.1, 0.15) is 12.1 Å². The van der Waals surface area contributed by atoms with Gasteiger partial charge in [0.2, 0.25) is 0 Å². The van der Waals surface area contributed by atoms with Crippen LogP contribution >= 0.6 is 7.82 Å². The molecule has 4 N–H and O–H groups in total. The highest BCUT2D eigenvalue weighted by atomic mass is 31.2. The average molecular weight is 824 g/mol. The Kier molecular flexibility index (Phi) is 40.1. The molecule has 3 unspecified atom stereocenters. The molecule has 10 nitrogen and oxygen atoms in total. The van der Waals surface area contributed by atoms with Gasteiger partial charge in [0.25, 0.3) is 0 Å². The van der Waals surface area contributed by atoms with Gasteiger partial charge < -0.3 is 25.2 Å². The molecule has 0 saturated carbocycles. The Hall–Kier alpha value is -2.33. The molecule has 0 spiro atoms. The van der Waals surface area contributed by atoms with Crippen molar-refractivity contribution < 1.29 is 42.7 Å². The highest BCUT2D eigenvalue weighted by Crippen LogP contribution is 2.43. The molecule has 0 fully saturated rings. The summed E-state index contributed by atoms with van der Waals surface area (Å²) >= 11 is 0. The molecule has 0 aromatic heterocycles. The third-order valence-electron chi connectivity index (χ3n) is 9.28. The number of rotatable bonds is 42. The fraction of sp³-hybridized carbons (Fsp3) is 0.739. The van der Waals surface area contributed by atoms with Crippen molar-refractivity contribution in [3.8, 4) is 0 Å². The van der Waals surface area contributed by atoms with E-state index in [2.05, 4.69) is 74.6 Å². The van der Waals surface area contributed by atoms with E-state index in [1.807, 2.05) is 0 Å². The van der Waals surface area contributed by atoms with Gasteiger partial charge in [0.15, 0.2) is 0 Å². The molecule has 0 aliphatic rings. The number of allylic oxidation sites excluding steroid dienone is 10. The lowest BCUT2D eigenvalue weighted by molar-refractivity contribution is -0.154. The highest BCUT2D eigenvalue weighted by molar-refractivity contribution is 7.47. The number of carboxylic acid groups (broad SMARTS) is 1. The number of esters is 1. The van der Waals surface area contributed by atoms with Crippen molar-refractivity contribution in [2.75, 3.05) is 26.4 Å². The molecule has 3 atom stereocenters. The molecular formula is C46H82NO9P. The second-order valence-corrected chi connectivity index (χ2v) is 16.2. The van der Waals surface area contributed by atoms with Crippen LogP contribution in [0.1, 0.15) is 181 Å². The van der Waals surface area contributed by atoms with Crippen LogP contribution in [0.4, 0.5) is 0 Å². The molecule has 330 valence electrons. The third-order valence-corrected chi connectivity index (χ3v) is 10.2. The topological polar surface area (TPSA) is 155 Å². The van der Waals surface area contributed by atoms with Crippen LogP contribution in [0.3, 0.4) is 0 Å². The zero-order chi connectivity index (χ0) is 41.9. The molecule has 0 aromatic rings. The van der Waals surface area contributed by atoms with Gasteiger partial charge in [-0.25, -0.2) is 4.57 Å². The van der Waals surface area contributed by atoms with E-state index in [0.29, 0.717) is 13.0 Å². The predicted octanol–water partition coefficient (Wildman–Crippen LogP) is 12.4. The summed E-state index contributed by atoms with van der Waals surface area (Å²) in [6, 6.07) is -1.48. The summed E-state index contributed by atoms with van der Waals surface area (Å²) in [6.07, 6.45) is 49.8. The SMILES string of the molecule is CC/C=C\C/C=C\C/C=C\CCCCCCCCCCOCC(COP(=O)(O)OCC(N)C(=O)O)OC(=O)CCCCCCCCC/C=C\C/C=C\CCCCC. The first-order chi connectivity index (χ1) is 27.7. The van der Waals surface area contributed by atoms with Gasteiger partial charge in [0, 0.05) is 13.0 Å². The first-order valence-electron chi connectivity index (χ1n) is 22.3. The minimum Gasteiger partial charge on any atom is -0.480 e. The smallest absolute Gasteiger partial charge is 0.472 e. The zero-order valence-corrected chi connectivity index (χ0v) is 36.8. The minimum atomic E-state index is -4.62. The molecule has 0 aromatic carbocycles. The van der Waals surface area contributed by atoms with E-state index in [9.17, 15) is 19.0 Å². The van der Waals surface area contributed by atoms with E-state index in [1.54, 1.807) is 0 Å². The molecule has 0 heterocycles. The Morgan fingerprint density at radius 2 is 1.02 bits per heavy atom. The van der Waals surface area contributed by atoms with Crippen LogP contribution in [-0.4, -0.2) is 60.5 Å². The lowest BCUT2D eigenvalue weighted by Crippen LogP contribution is -2.34. The van der Waals surface area contributed by atoms with E-state index < -0.39 is 45.1 Å². The Balaban J connectivity index is 4.25. The fourth-order valence-electron chi connectivity index (χ4n) is 5.82. The number of nitrogens with two attached hydrogens (primary N) is 1. The molecule has 0 radical (unpaired) electrons. The second-order valence-electron chi connectivity index (χ2n) is 14.8. The van der Waals surface area contributed by atoms with Crippen LogP contribution in [0, 0.1) is 0 Å². The van der Waals surface area contributed by atoms with Crippen LogP contribution in [0.25, 0.3) is 0 Å². The summed E-state index contributed by atoms with van der Waals surface area (Å²) in [7, 11) is -4.62. The largest absolute Gasteiger partial charge is 0.480 e. The van der Waals surface area contributed by atoms with Crippen LogP contribution in [-0.2, 0) is 32.7 Å².